The average Bonchev–Trinajstić information content (AvgIpc) is 3.03. The molecule has 2 N–H and O–H groups in total. The molecule has 1 aliphatic rings. The van der Waals surface area contributed by atoms with Crippen molar-refractivity contribution in [3.63, 3.8) is 0 Å². The molecule has 2 aromatic rings. The predicted octanol–water partition coefficient (Wildman–Crippen LogP) is 2.16. The largest absolute Gasteiger partial charge is 0.454 e. The van der Waals surface area contributed by atoms with E-state index in [2.05, 4.69) is 27.0 Å². The van der Waals surface area contributed by atoms with Crippen molar-refractivity contribution in [3.05, 3.63) is 39.9 Å². The summed E-state index contributed by atoms with van der Waals surface area (Å²) in [6.45, 7) is 0.754. The van der Waals surface area contributed by atoms with Crippen LogP contribution >= 0.6 is 15.9 Å². The minimum atomic E-state index is 0.310. The van der Waals surface area contributed by atoms with Crippen molar-refractivity contribution in [2.24, 2.45) is 12.8 Å². The first-order chi connectivity index (χ1) is 9.69. The van der Waals surface area contributed by atoms with E-state index in [9.17, 15) is 0 Å². The zero-order valence-electron chi connectivity index (χ0n) is 11.2. The number of aromatic nitrogens is 2. The van der Waals surface area contributed by atoms with E-state index in [0.717, 1.165) is 40.5 Å². The molecule has 0 radical (unpaired) electrons. The van der Waals surface area contributed by atoms with Crippen molar-refractivity contribution in [2.75, 3.05) is 6.79 Å². The maximum atomic E-state index is 5.67. The molecule has 0 spiro atoms. The molecule has 5 nitrogen and oxygen atoms in total. The molecule has 1 aromatic heterocycles. The van der Waals surface area contributed by atoms with Crippen molar-refractivity contribution in [1.82, 2.24) is 9.55 Å². The first kappa shape index (κ1) is 13.5. The third-order valence-corrected chi connectivity index (χ3v) is 4.44. The number of hydrogen-bond donors (Lipinski definition) is 1. The van der Waals surface area contributed by atoms with Gasteiger partial charge in [0.2, 0.25) is 6.79 Å². The lowest BCUT2D eigenvalue weighted by Crippen LogP contribution is -2.04. The summed E-state index contributed by atoms with van der Waals surface area (Å²) in [5, 5.41) is 0. The van der Waals surface area contributed by atoms with Crippen LogP contribution in [0.4, 0.5) is 0 Å². The van der Waals surface area contributed by atoms with Crippen molar-refractivity contribution < 1.29 is 9.47 Å². The van der Waals surface area contributed by atoms with Crippen LogP contribution in [-0.2, 0) is 26.4 Å². The van der Waals surface area contributed by atoms with Gasteiger partial charge in [0.15, 0.2) is 11.5 Å². The molecule has 0 saturated heterocycles. The third-order valence-electron chi connectivity index (χ3n) is 3.45. The van der Waals surface area contributed by atoms with Crippen molar-refractivity contribution in [3.8, 4) is 11.5 Å². The number of halogens is 1. The Morgan fingerprint density at radius 3 is 2.85 bits per heavy atom. The fraction of sp³-hybridized carbons (Fsp3) is 0.357. The van der Waals surface area contributed by atoms with Crippen molar-refractivity contribution >= 4 is 15.9 Å². The van der Waals surface area contributed by atoms with E-state index < -0.39 is 0 Å². The monoisotopic (exact) mass is 337 g/mol. The van der Waals surface area contributed by atoms with Gasteiger partial charge in [-0.05, 0) is 46.5 Å². The molecule has 0 aliphatic carbocycles. The SMILES string of the molecule is Cn1c(CN)nc(CCc2ccc3c(c2)OCO3)c1Br. The molecule has 0 amide bonds. The van der Waals surface area contributed by atoms with Crippen LogP contribution in [0, 0.1) is 0 Å². The molecular formula is C14H16BrN3O2. The smallest absolute Gasteiger partial charge is 0.231 e. The van der Waals surface area contributed by atoms with Gasteiger partial charge in [-0.3, -0.25) is 0 Å². The number of aryl methyl sites for hydroxylation is 2. The summed E-state index contributed by atoms with van der Waals surface area (Å²) >= 11 is 3.57. The number of imidazole rings is 1. The summed E-state index contributed by atoms with van der Waals surface area (Å²) < 4.78 is 13.7. The minimum Gasteiger partial charge on any atom is -0.454 e. The zero-order valence-corrected chi connectivity index (χ0v) is 12.8. The summed E-state index contributed by atoms with van der Waals surface area (Å²) in [4.78, 5) is 4.55. The van der Waals surface area contributed by atoms with Crippen LogP contribution < -0.4 is 15.2 Å². The highest BCUT2D eigenvalue weighted by Crippen LogP contribution is 2.33. The zero-order chi connectivity index (χ0) is 14.1. The highest BCUT2D eigenvalue weighted by atomic mass is 79.9. The van der Waals surface area contributed by atoms with E-state index in [1.54, 1.807) is 0 Å². The molecule has 0 saturated carbocycles. The first-order valence-corrected chi connectivity index (χ1v) is 7.27. The van der Waals surface area contributed by atoms with E-state index in [0.29, 0.717) is 13.3 Å². The Morgan fingerprint density at radius 2 is 2.10 bits per heavy atom. The van der Waals surface area contributed by atoms with Gasteiger partial charge < -0.3 is 19.8 Å². The van der Waals surface area contributed by atoms with Crippen LogP contribution in [-0.4, -0.2) is 16.3 Å². The van der Waals surface area contributed by atoms with Gasteiger partial charge in [0, 0.05) is 7.05 Å². The van der Waals surface area contributed by atoms with Crippen molar-refractivity contribution in [2.45, 2.75) is 19.4 Å². The van der Waals surface area contributed by atoms with Gasteiger partial charge in [0.1, 0.15) is 10.4 Å². The standard InChI is InChI=1S/C14H16BrN3O2/c1-18-13(7-16)17-10(14(18)15)4-2-9-3-5-11-12(6-9)20-8-19-11/h3,5-6H,2,4,7-8,16H2,1H3. The first-order valence-electron chi connectivity index (χ1n) is 6.47. The molecule has 2 heterocycles. The number of fused-ring (bicyclic) bond motifs is 1. The van der Waals surface area contributed by atoms with Gasteiger partial charge in [-0.25, -0.2) is 4.98 Å². The molecule has 1 aromatic carbocycles. The molecule has 1 aliphatic heterocycles. The van der Waals surface area contributed by atoms with Crippen LogP contribution in [0.15, 0.2) is 22.8 Å². The summed E-state index contributed by atoms with van der Waals surface area (Å²) in [5.41, 5.74) is 7.91. The van der Waals surface area contributed by atoms with Crippen LogP contribution in [0.5, 0.6) is 11.5 Å². The fourth-order valence-corrected chi connectivity index (χ4v) is 2.78. The maximum absolute atomic E-state index is 5.67. The summed E-state index contributed by atoms with van der Waals surface area (Å²) in [7, 11) is 1.96. The van der Waals surface area contributed by atoms with Gasteiger partial charge in [0.05, 0.1) is 12.2 Å². The lowest BCUT2D eigenvalue weighted by molar-refractivity contribution is 0.174. The lowest BCUT2D eigenvalue weighted by atomic mass is 10.1. The van der Waals surface area contributed by atoms with E-state index in [-0.39, 0.29) is 0 Å². The van der Waals surface area contributed by atoms with Gasteiger partial charge in [0.25, 0.3) is 0 Å². The molecule has 3 rings (SSSR count). The van der Waals surface area contributed by atoms with Crippen LogP contribution in [0.25, 0.3) is 0 Å². The molecular weight excluding hydrogens is 322 g/mol. The quantitative estimate of drug-likeness (QED) is 0.928. The van der Waals surface area contributed by atoms with Crippen LogP contribution in [0.1, 0.15) is 17.1 Å². The molecule has 0 atom stereocenters. The molecule has 106 valence electrons. The lowest BCUT2D eigenvalue weighted by Gasteiger charge is -2.02. The molecule has 0 fully saturated rings. The normalized spacial score (nSPS) is 12.9. The highest BCUT2D eigenvalue weighted by molar-refractivity contribution is 9.10. The highest BCUT2D eigenvalue weighted by Gasteiger charge is 2.15. The second kappa shape index (κ2) is 5.46. The number of hydrogen-bond acceptors (Lipinski definition) is 4. The molecule has 20 heavy (non-hydrogen) atoms. The number of ether oxygens (including phenoxy) is 2. The van der Waals surface area contributed by atoms with Gasteiger partial charge in [-0.1, -0.05) is 6.07 Å². The fourth-order valence-electron chi connectivity index (χ4n) is 2.28. The average molecular weight is 338 g/mol. The molecule has 0 unspecified atom stereocenters. The summed E-state index contributed by atoms with van der Waals surface area (Å²) in [5.74, 6) is 2.53. The maximum Gasteiger partial charge on any atom is 0.231 e. The van der Waals surface area contributed by atoms with E-state index in [4.69, 9.17) is 15.2 Å². The second-order valence-electron chi connectivity index (χ2n) is 4.72. The van der Waals surface area contributed by atoms with E-state index in [1.807, 2.05) is 23.7 Å². The Kier molecular flexibility index (Phi) is 3.67. The minimum absolute atomic E-state index is 0.310. The van der Waals surface area contributed by atoms with Gasteiger partial charge >= 0.3 is 0 Å². The Balaban J connectivity index is 1.73. The van der Waals surface area contributed by atoms with Crippen LogP contribution in [0.2, 0.25) is 0 Å². The third kappa shape index (κ3) is 2.41. The number of nitrogens with two attached hydrogens (primary N) is 1. The Morgan fingerprint density at radius 1 is 1.30 bits per heavy atom. The van der Waals surface area contributed by atoms with Crippen LogP contribution in [0.3, 0.4) is 0 Å². The van der Waals surface area contributed by atoms with Gasteiger partial charge in [-0.15, -0.1) is 0 Å². The Bertz CT molecular complexity index is 640. The van der Waals surface area contributed by atoms with E-state index >= 15 is 0 Å². The number of rotatable bonds is 4. The number of nitrogens with zero attached hydrogens (tertiary/aromatic N) is 2. The molecule has 0 bridgehead atoms. The summed E-state index contributed by atoms with van der Waals surface area (Å²) in [6.07, 6.45) is 1.75. The second-order valence-corrected chi connectivity index (χ2v) is 5.47. The predicted molar refractivity (Wildman–Crippen MR) is 78.8 cm³/mol. The van der Waals surface area contributed by atoms with Gasteiger partial charge in [-0.2, -0.15) is 0 Å². The van der Waals surface area contributed by atoms with Crippen molar-refractivity contribution in [1.29, 1.82) is 0 Å². The Hall–Kier alpha value is -1.53. The Labute approximate surface area is 125 Å². The number of benzene rings is 1. The summed E-state index contributed by atoms with van der Waals surface area (Å²) in [6, 6.07) is 6.05. The topological polar surface area (TPSA) is 62.3 Å². The molecule has 6 heteroatoms. The van der Waals surface area contributed by atoms with E-state index in [1.165, 1.54) is 5.56 Å².